The minimum absolute atomic E-state index is 0.0580. The number of anilines is 1. The van der Waals surface area contributed by atoms with Gasteiger partial charge in [0, 0.05) is 25.7 Å². The molecule has 0 saturated heterocycles. The summed E-state index contributed by atoms with van der Waals surface area (Å²) in [5.74, 6) is 1.38. The smallest absolute Gasteiger partial charge is 0.416 e. The van der Waals surface area contributed by atoms with Crippen molar-refractivity contribution < 1.29 is 27.2 Å². The van der Waals surface area contributed by atoms with E-state index < -0.39 is 17.8 Å². The second kappa shape index (κ2) is 10.2. The molecule has 2 aromatic carbocycles. The lowest BCUT2D eigenvalue weighted by Gasteiger charge is -2.17. The Bertz CT molecular complexity index is 1040. The molecule has 2 amide bonds. The molecule has 170 valence electrons. The highest BCUT2D eigenvalue weighted by Crippen LogP contribution is 2.30. The quantitative estimate of drug-likeness (QED) is 0.528. The third kappa shape index (κ3) is 6.47. The number of carbonyl (C=O) groups is 1. The Kier molecular flexibility index (Phi) is 7.34. The van der Waals surface area contributed by atoms with Crippen LogP contribution in [-0.4, -0.2) is 34.7 Å². The molecular formula is C22H23F3N4O3. The summed E-state index contributed by atoms with van der Waals surface area (Å²) in [7, 11) is 1.52. The second-order valence-corrected chi connectivity index (χ2v) is 7.07. The van der Waals surface area contributed by atoms with Gasteiger partial charge in [-0.05, 0) is 42.3 Å². The summed E-state index contributed by atoms with van der Waals surface area (Å²) in [4.78, 5) is 17.8. The van der Waals surface area contributed by atoms with Crippen LogP contribution in [0.2, 0.25) is 0 Å². The molecule has 0 aliphatic heterocycles. The van der Waals surface area contributed by atoms with Crippen LogP contribution in [0, 0.1) is 0 Å². The summed E-state index contributed by atoms with van der Waals surface area (Å²) in [6.07, 6.45) is -3.23. The molecule has 0 bridgehead atoms. The number of carbonyl (C=O) groups excluding carboxylic acids is 1. The van der Waals surface area contributed by atoms with Gasteiger partial charge in [-0.1, -0.05) is 30.3 Å². The number of nitrogens with one attached hydrogen (secondary N) is 1. The highest BCUT2D eigenvalue weighted by atomic mass is 19.4. The topological polar surface area (TPSA) is 80.5 Å². The van der Waals surface area contributed by atoms with Gasteiger partial charge in [-0.3, -0.25) is 0 Å². The van der Waals surface area contributed by atoms with E-state index in [2.05, 4.69) is 22.4 Å². The van der Waals surface area contributed by atoms with Crippen LogP contribution in [0.15, 0.2) is 53.1 Å². The van der Waals surface area contributed by atoms with Crippen LogP contribution in [0.4, 0.5) is 23.7 Å². The van der Waals surface area contributed by atoms with Gasteiger partial charge in [0.05, 0.1) is 5.56 Å². The van der Waals surface area contributed by atoms with Crippen LogP contribution in [0.3, 0.4) is 0 Å². The average Bonchev–Trinajstić information content (AvgIpc) is 3.24. The lowest BCUT2D eigenvalue weighted by Crippen LogP contribution is -2.33. The number of ether oxygens (including phenoxy) is 1. The van der Waals surface area contributed by atoms with Gasteiger partial charge in [-0.2, -0.15) is 18.2 Å². The molecular weight excluding hydrogens is 425 g/mol. The maximum atomic E-state index is 12.8. The Morgan fingerprint density at radius 2 is 1.94 bits per heavy atom. The van der Waals surface area contributed by atoms with Crippen LogP contribution in [0.25, 0.3) is 0 Å². The molecule has 7 nitrogen and oxygen atoms in total. The zero-order valence-corrected chi connectivity index (χ0v) is 17.6. The van der Waals surface area contributed by atoms with E-state index in [0.29, 0.717) is 23.9 Å². The molecule has 0 unspecified atom stereocenters. The normalized spacial score (nSPS) is 11.3. The number of nitrogens with zero attached hydrogens (tertiary/aromatic N) is 3. The molecule has 1 aromatic heterocycles. The zero-order valence-electron chi connectivity index (χ0n) is 17.6. The van der Waals surface area contributed by atoms with Crippen LogP contribution in [0.5, 0.6) is 5.75 Å². The van der Waals surface area contributed by atoms with Crippen molar-refractivity contribution in [1.29, 1.82) is 0 Å². The fourth-order valence-corrected chi connectivity index (χ4v) is 2.78. The molecule has 0 saturated carbocycles. The lowest BCUT2D eigenvalue weighted by atomic mass is 10.2. The highest BCUT2D eigenvalue weighted by Gasteiger charge is 2.30. The average molecular weight is 448 g/mol. The number of aryl methyl sites for hydroxylation is 1. The summed E-state index contributed by atoms with van der Waals surface area (Å²) in [5.41, 5.74) is 0.432. The molecule has 0 aliphatic rings. The van der Waals surface area contributed by atoms with Gasteiger partial charge in [0.15, 0.2) is 12.4 Å². The molecule has 3 aromatic rings. The van der Waals surface area contributed by atoms with Gasteiger partial charge in [0.25, 0.3) is 5.89 Å². The molecule has 3 rings (SSSR count). The van der Waals surface area contributed by atoms with Gasteiger partial charge in [0.2, 0.25) is 0 Å². The molecule has 0 aliphatic carbocycles. The van der Waals surface area contributed by atoms with Gasteiger partial charge in [-0.25, -0.2) is 4.79 Å². The fourth-order valence-electron chi connectivity index (χ4n) is 2.78. The Labute approximate surface area is 183 Å². The minimum atomic E-state index is -4.48. The molecule has 10 heteroatoms. The van der Waals surface area contributed by atoms with Crippen molar-refractivity contribution in [1.82, 2.24) is 15.0 Å². The third-order valence-electron chi connectivity index (χ3n) is 4.66. The van der Waals surface area contributed by atoms with E-state index in [9.17, 15) is 18.0 Å². The number of urea groups is 1. The number of rotatable bonds is 8. The predicted octanol–water partition coefficient (Wildman–Crippen LogP) is 4.94. The standard InChI is InChI=1S/C22H23F3N4O3/c1-3-15-7-9-18(10-8-15)31-14-20-27-19(28-32-20)11-12-29(2)21(30)26-17-6-4-5-16(13-17)22(23,24)25/h4-10,13H,3,11-12,14H2,1-2H3,(H,26,30). The Morgan fingerprint density at radius 3 is 2.62 bits per heavy atom. The second-order valence-electron chi connectivity index (χ2n) is 7.07. The SMILES string of the molecule is CCc1ccc(OCc2nc(CCN(C)C(=O)Nc3cccc(C(F)(F)F)c3)no2)cc1. The molecule has 0 fully saturated rings. The van der Waals surface area contributed by atoms with Crippen molar-refractivity contribution in [3.63, 3.8) is 0 Å². The van der Waals surface area contributed by atoms with Crippen LogP contribution >= 0.6 is 0 Å². The van der Waals surface area contributed by atoms with Crippen molar-refractivity contribution in [2.75, 3.05) is 18.9 Å². The van der Waals surface area contributed by atoms with Crippen LogP contribution in [0.1, 0.15) is 29.8 Å². The van der Waals surface area contributed by atoms with E-state index in [1.807, 2.05) is 24.3 Å². The Morgan fingerprint density at radius 1 is 1.19 bits per heavy atom. The minimum Gasteiger partial charge on any atom is -0.484 e. The summed E-state index contributed by atoms with van der Waals surface area (Å²) in [6.45, 7) is 2.43. The maximum Gasteiger partial charge on any atom is 0.416 e. The zero-order chi connectivity index (χ0) is 23.1. The molecule has 0 atom stereocenters. The first-order valence-corrected chi connectivity index (χ1v) is 9.97. The van der Waals surface area contributed by atoms with Gasteiger partial charge in [-0.15, -0.1) is 0 Å². The largest absolute Gasteiger partial charge is 0.484 e. The van der Waals surface area contributed by atoms with E-state index >= 15 is 0 Å². The molecule has 32 heavy (non-hydrogen) atoms. The van der Waals surface area contributed by atoms with Crippen molar-refractivity contribution in [3.05, 3.63) is 71.4 Å². The van der Waals surface area contributed by atoms with E-state index in [-0.39, 0.29) is 18.8 Å². The maximum absolute atomic E-state index is 12.8. The summed E-state index contributed by atoms with van der Waals surface area (Å²) in [5, 5.41) is 6.31. The van der Waals surface area contributed by atoms with Crippen molar-refractivity contribution in [2.24, 2.45) is 0 Å². The number of halogens is 3. The number of hydrogen-bond acceptors (Lipinski definition) is 5. The van der Waals surface area contributed by atoms with Crippen molar-refractivity contribution in [2.45, 2.75) is 32.5 Å². The molecule has 1 heterocycles. The van der Waals surface area contributed by atoms with Crippen LogP contribution in [-0.2, 0) is 25.6 Å². The highest BCUT2D eigenvalue weighted by molar-refractivity contribution is 5.89. The third-order valence-corrected chi connectivity index (χ3v) is 4.66. The first-order chi connectivity index (χ1) is 15.2. The van der Waals surface area contributed by atoms with Crippen molar-refractivity contribution in [3.8, 4) is 5.75 Å². The van der Waals surface area contributed by atoms with Crippen LogP contribution < -0.4 is 10.1 Å². The Hall–Kier alpha value is -3.56. The van der Waals surface area contributed by atoms with E-state index in [1.54, 1.807) is 0 Å². The summed E-state index contributed by atoms with van der Waals surface area (Å²) < 4.78 is 49.2. The first-order valence-electron chi connectivity index (χ1n) is 9.97. The van der Waals surface area contributed by atoms with E-state index in [1.165, 1.54) is 29.6 Å². The predicted molar refractivity (Wildman–Crippen MR) is 111 cm³/mol. The number of aromatic nitrogens is 2. The molecule has 0 spiro atoms. The number of benzene rings is 2. The number of amides is 2. The van der Waals surface area contributed by atoms with Crippen molar-refractivity contribution >= 4 is 11.7 Å². The van der Waals surface area contributed by atoms with Gasteiger partial charge in [0.1, 0.15) is 5.75 Å². The Balaban J connectivity index is 1.47. The number of alkyl halides is 3. The van der Waals surface area contributed by atoms with E-state index in [0.717, 1.165) is 18.6 Å². The van der Waals surface area contributed by atoms with Gasteiger partial charge < -0.3 is 19.5 Å². The molecule has 0 radical (unpaired) electrons. The van der Waals surface area contributed by atoms with Gasteiger partial charge >= 0.3 is 12.2 Å². The lowest BCUT2D eigenvalue weighted by molar-refractivity contribution is -0.137. The summed E-state index contributed by atoms with van der Waals surface area (Å²) >= 11 is 0. The summed E-state index contributed by atoms with van der Waals surface area (Å²) in [6, 6.07) is 11.6. The fraction of sp³-hybridized carbons (Fsp3) is 0.318. The molecule has 1 N–H and O–H groups in total. The number of likely N-dealkylation sites (N-methyl/N-ethyl adjacent to an activating group) is 1. The van der Waals surface area contributed by atoms with E-state index in [4.69, 9.17) is 9.26 Å². The number of hydrogen-bond donors (Lipinski definition) is 1. The first kappa shape index (κ1) is 23.1. The monoisotopic (exact) mass is 448 g/mol.